The Labute approximate surface area is 95.4 Å². The topological polar surface area (TPSA) is 81.7 Å². The van der Waals surface area contributed by atoms with Crippen LogP contribution in [-0.2, 0) is 0 Å². The average Bonchev–Trinajstić information content (AvgIpc) is 2.49. The molecule has 1 aromatic carbocycles. The summed E-state index contributed by atoms with van der Waals surface area (Å²) in [6.45, 7) is 0. The summed E-state index contributed by atoms with van der Waals surface area (Å²) < 4.78 is 0. The number of hydrogen-bond acceptors (Lipinski definition) is 4. The van der Waals surface area contributed by atoms with E-state index in [9.17, 15) is 9.90 Å². The number of aromatic amines is 1. The molecule has 6 heteroatoms. The van der Waals surface area contributed by atoms with Gasteiger partial charge in [-0.3, -0.25) is 5.10 Å². The Kier molecular flexibility index (Phi) is 3.02. The number of nitrogens with zero attached hydrogens (tertiary/aromatic N) is 2. The van der Waals surface area contributed by atoms with Crippen LogP contribution in [0.25, 0.3) is 11.0 Å². The summed E-state index contributed by atoms with van der Waals surface area (Å²) in [4.78, 5) is 10.4. The third-order valence-electron chi connectivity index (χ3n) is 1.56. The summed E-state index contributed by atoms with van der Waals surface area (Å²) >= 11 is 0. The Bertz CT molecular complexity index is 440. The van der Waals surface area contributed by atoms with Gasteiger partial charge in [-0.25, -0.2) is 0 Å². The standard InChI is InChI=1S/C7H5N3O2.Na/c11-7(12)4-1-2-5-6(3-4)9-10-8-5;/h1-3H,(H,11,12)(H,8,9,10);/q;+1/p-1. The quantitative estimate of drug-likeness (QED) is 0.464. The fourth-order valence-electron chi connectivity index (χ4n) is 0.969. The molecular weight excluding hydrogens is 181 g/mol. The van der Waals surface area contributed by atoms with Crippen molar-refractivity contribution in [1.29, 1.82) is 0 Å². The van der Waals surface area contributed by atoms with Gasteiger partial charge in [0, 0.05) is 0 Å². The van der Waals surface area contributed by atoms with E-state index in [0.717, 1.165) is 0 Å². The fraction of sp³-hybridized carbons (Fsp3) is 0. The third kappa shape index (κ3) is 1.88. The molecule has 1 heterocycles. The fourth-order valence-corrected chi connectivity index (χ4v) is 0.969. The van der Waals surface area contributed by atoms with Gasteiger partial charge in [-0.2, -0.15) is 0 Å². The number of rotatable bonds is 1. The smallest absolute Gasteiger partial charge is 0.545 e. The molecule has 5 nitrogen and oxygen atoms in total. The Hall–Kier alpha value is -0.910. The minimum atomic E-state index is -1.21. The molecule has 0 saturated carbocycles. The molecule has 0 fully saturated rings. The maximum atomic E-state index is 10.4. The second-order valence-electron chi connectivity index (χ2n) is 2.33. The molecule has 0 radical (unpaired) electrons. The molecule has 0 spiro atoms. The van der Waals surface area contributed by atoms with E-state index in [1.54, 1.807) is 6.07 Å². The first-order valence-electron chi connectivity index (χ1n) is 3.29. The molecule has 0 aliphatic carbocycles. The Balaban J connectivity index is 0.000000845. The molecule has 2 rings (SSSR count). The van der Waals surface area contributed by atoms with Crippen molar-refractivity contribution >= 4 is 17.0 Å². The number of aromatic nitrogens is 3. The van der Waals surface area contributed by atoms with Gasteiger partial charge in [0.15, 0.2) is 0 Å². The predicted molar refractivity (Wildman–Crippen MR) is 38.2 cm³/mol. The van der Waals surface area contributed by atoms with Gasteiger partial charge >= 0.3 is 29.6 Å². The monoisotopic (exact) mass is 185 g/mol. The van der Waals surface area contributed by atoms with Crippen LogP contribution in [0.5, 0.6) is 0 Å². The molecule has 0 aliphatic rings. The van der Waals surface area contributed by atoms with Crippen LogP contribution >= 0.6 is 0 Å². The van der Waals surface area contributed by atoms with Gasteiger partial charge in [-0.1, -0.05) is 11.3 Å². The number of carboxylic acids is 1. The number of carboxylic acid groups (broad SMARTS) is 1. The zero-order valence-electron chi connectivity index (χ0n) is 6.94. The normalized spacial score (nSPS) is 9.54. The van der Waals surface area contributed by atoms with Crippen LogP contribution < -0.4 is 34.7 Å². The van der Waals surface area contributed by atoms with E-state index < -0.39 is 5.97 Å². The van der Waals surface area contributed by atoms with E-state index in [2.05, 4.69) is 15.4 Å². The second-order valence-corrected chi connectivity index (χ2v) is 2.33. The van der Waals surface area contributed by atoms with Crippen molar-refractivity contribution in [2.24, 2.45) is 0 Å². The molecule has 0 bridgehead atoms. The van der Waals surface area contributed by atoms with Crippen molar-refractivity contribution in [2.75, 3.05) is 0 Å². The van der Waals surface area contributed by atoms with Crippen molar-refractivity contribution in [3.63, 3.8) is 0 Å². The van der Waals surface area contributed by atoms with Crippen LogP contribution in [0, 0.1) is 0 Å². The number of H-pyrrole nitrogens is 1. The molecule has 0 amide bonds. The van der Waals surface area contributed by atoms with Crippen molar-refractivity contribution in [2.45, 2.75) is 0 Å². The molecular formula is C7H4N3NaO2. The van der Waals surface area contributed by atoms with Crippen LogP contribution in [0.1, 0.15) is 10.4 Å². The molecule has 0 unspecified atom stereocenters. The number of hydrogen-bond donors (Lipinski definition) is 1. The predicted octanol–water partition coefficient (Wildman–Crippen LogP) is -3.67. The number of nitrogens with one attached hydrogen (secondary N) is 1. The molecule has 0 atom stereocenters. The number of aromatic carboxylic acids is 1. The van der Waals surface area contributed by atoms with Gasteiger partial charge in [0.2, 0.25) is 0 Å². The zero-order valence-corrected chi connectivity index (χ0v) is 8.94. The van der Waals surface area contributed by atoms with Crippen molar-refractivity contribution in [1.82, 2.24) is 15.4 Å². The van der Waals surface area contributed by atoms with Crippen LogP contribution in [0.3, 0.4) is 0 Å². The Morgan fingerprint density at radius 2 is 2.23 bits per heavy atom. The van der Waals surface area contributed by atoms with E-state index in [-0.39, 0.29) is 35.1 Å². The molecule has 2 aromatic rings. The number of carbonyl (C=O) groups excluding carboxylic acids is 1. The second kappa shape index (κ2) is 3.87. The van der Waals surface area contributed by atoms with Crippen molar-refractivity contribution < 1.29 is 39.5 Å². The van der Waals surface area contributed by atoms with E-state index in [1.165, 1.54) is 12.1 Å². The van der Waals surface area contributed by atoms with E-state index in [4.69, 9.17) is 0 Å². The molecule has 1 aromatic heterocycles. The van der Waals surface area contributed by atoms with E-state index in [0.29, 0.717) is 11.0 Å². The third-order valence-corrected chi connectivity index (χ3v) is 1.56. The molecule has 0 saturated heterocycles. The Morgan fingerprint density at radius 3 is 2.92 bits per heavy atom. The largest absolute Gasteiger partial charge is 1.00 e. The first-order chi connectivity index (χ1) is 5.77. The summed E-state index contributed by atoms with van der Waals surface area (Å²) in [5.41, 5.74) is 1.34. The number of benzene rings is 1. The number of fused-ring (bicyclic) bond motifs is 1. The van der Waals surface area contributed by atoms with Crippen LogP contribution in [0.4, 0.5) is 0 Å². The molecule has 13 heavy (non-hydrogen) atoms. The van der Waals surface area contributed by atoms with Crippen LogP contribution in [0.15, 0.2) is 18.2 Å². The summed E-state index contributed by atoms with van der Waals surface area (Å²) in [7, 11) is 0. The van der Waals surface area contributed by atoms with Gasteiger partial charge in [-0.05, 0) is 17.7 Å². The van der Waals surface area contributed by atoms with Crippen molar-refractivity contribution in [3.05, 3.63) is 23.8 Å². The number of carbonyl (C=O) groups is 1. The SMILES string of the molecule is O=C([O-])c1ccc2[nH]nnc2c1.[Na+]. The average molecular weight is 185 g/mol. The first kappa shape index (κ1) is 10.2. The molecule has 60 valence electrons. The minimum Gasteiger partial charge on any atom is -0.545 e. The molecule has 0 aliphatic heterocycles. The van der Waals surface area contributed by atoms with Gasteiger partial charge in [-0.15, -0.1) is 5.10 Å². The van der Waals surface area contributed by atoms with Gasteiger partial charge < -0.3 is 9.90 Å². The summed E-state index contributed by atoms with van der Waals surface area (Å²) in [5, 5.41) is 20.2. The van der Waals surface area contributed by atoms with Gasteiger partial charge in [0.05, 0.1) is 11.5 Å². The van der Waals surface area contributed by atoms with Gasteiger partial charge in [0.25, 0.3) is 0 Å². The minimum absolute atomic E-state index is 0. The maximum absolute atomic E-state index is 10.4. The van der Waals surface area contributed by atoms with E-state index in [1.807, 2.05) is 0 Å². The summed E-state index contributed by atoms with van der Waals surface area (Å²) in [6, 6.07) is 4.45. The van der Waals surface area contributed by atoms with Crippen LogP contribution in [0.2, 0.25) is 0 Å². The Morgan fingerprint density at radius 1 is 1.46 bits per heavy atom. The van der Waals surface area contributed by atoms with Crippen LogP contribution in [-0.4, -0.2) is 21.4 Å². The zero-order chi connectivity index (χ0) is 8.55. The summed E-state index contributed by atoms with van der Waals surface area (Å²) in [5.74, 6) is -1.21. The summed E-state index contributed by atoms with van der Waals surface area (Å²) in [6.07, 6.45) is 0. The van der Waals surface area contributed by atoms with Crippen molar-refractivity contribution in [3.8, 4) is 0 Å². The van der Waals surface area contributed by atoms with E-state index >= 15 is 0 Å². The first-order valence-corrected chi connectivity index (χ1v) is 3.29. The maximum Gasteiger partial charge on any atom is 1.00 e. The molecule has 1 N–H and O–H groups in total. The van der Waals surface area contributed by atoms with Gasteiger partial charge in [0.1, 0.15) is 5.52 Å².